The van der Waals surface area contributed by atoms with Gasteiger partial charge in [-0.2, -0.15) is 0 Å². The fraction of sp³-hybridized carbons (Fsp3) is 0.625. The van der Waals surface area contributed by atoms with Gasteiger partial charge in [0.15, 0.2) is 0 Å². The second kappa shape index (κ2) is 7.26. The topological polar surface area (TPSA) is 46.2 Å². The lowest BCUT2D eigenvalue weighted by molar-refractivity contribution is 0.00852. The molecule has 1 aliphatic carbocycles. The van der Waals surface area contributed by atoms with Crippen molar-refractivity contribution in [2.75, 3.05) is 6.54 Å². The van der Waals surface area contributed by atoms with Crippen LogP contribution in [0.2, 0.25) is 5.02 Å². The van der Waals surface area contributed by atoms with Crippen molar-refractivity contribution >= 4 is 27.5 Å². The molecule has 1 aromatic rings. The minimum atomic E-state index is -0.587. The lowest BCUT2D eigenvalue weighted by atomic mass is 9.70. The molecule has 3 N–H and O–H groups in total. The van der Waals surface area contributed by atoms with Gasteiger partial charge < -0.3 is 10.8 Å². The van der Waals surface area contributed by atoms with E-state index in [1.807, 2.05) is 18.2 Å². The molecule has 1 unspecified atom stereocenters. The van der Waals surface area contributed by atoms with Crippen LogP contribution in [0.3, 0.4) is 0 Å². The van der Waals surface area contributed by atoms with Gasteiger partial charge in [0.1, 0.15) is 0 Å². The van der Waals surface area contributed by atoms with Crippen LogP contribution in [0.5, 0.6) is 0 Å². The lowest BCUT2D eigenvalue weighted by Gasteiger charge is -2.39. The molecular weight excluding hydrogens is 338 g/mol. The molecule has 0 spiro atoms. The van der Waals surface area contributed by atoms with E-state index >= 15 is 0 Å². The van der Waals surface area contributed by atoms with Gasteiger partial charge in [-0.15, -0.1) is 0 Å². The molecule has 4 heteroatoms. The van der Waals surface area contributed by atoms with Crippen molar-refractivity contribution in [2.45, 2.75) is 51.0 Å². The molecule has 0 saturated heterocycles. The summed E-state index contributed by atoms with van der Waals surface area (Å²) in [6.07, 6.45) is 7.42. The first-order valence-corrected chi connectivity index (χ1v) is 8.59. The number of rotatable bonds is 3. The Morgan fingerprint density at radius 2 is 1.80 bits per heavy atom. The summed E-state index contributed by atoms with van der Waals surface area (Å²) >= 11 is 9.74. The second-order valence-electron chi connectivity index (χ2n) is 5.90. The Morgan fingerprint density at radius 1 is 1.20 bits per heavy atom. The quantitative estimate of drug-likeness (QED) is 0.811. The maximum atomic E-state index is 10.9. The monoisotopic (exact) mass is 359 g/mol. The lowest BCUT2D eigenvalue weighted by Crippen LogP contribution is -2.37. The molecule has 1 aliphatic rings. The number of halogens is 2. The van der Waals surface area contributed by atoms with Gasteiger partial charge in [-0.05, 0) is 31.0 Å². The third-order valence-electron chi connectivity index (χ3n) is 4.59. The van der Waals surface area contributed by atoms with Crippen molar-refractivity contribution in [1.29, 1.82) is 0 Å². The first-order valence-electron chi connectivity index (χ1n) is 7.42. The van der Waals surface area contributed by atoms with Crippen LogP contribution in [0.4, 0.5) is 0 Å². The van der Waals surface area contributed by atoms with Crippen molar-refractivity contribution in [2.24, 2.45) is 11.1 Å². The van der Waals surface area contributed by atoms with E-state index in [0.717, 1.165) is 35.7 Å². The summed E-state index contributed by atoms with van der Waals surface area (Å²) < 4.78 is 0.939. The Balaban J connectivity index is 2.30. The van der Waals surface area contributed by atoms with E-state index in [9.17, 15) is 5.11 Å². The Labute approximate surface area is 134 Å². The van der Waals surface area contributed by atoms with Gasteiger partial charge in [0.25, 0.3) is 0 Å². The van der Waals surface area contributed by atoms with Crippen LogP contribution in [0.25, 0.3) is 0 Å². The van der Waals surface area contributed by atoms with Crippen LogP contribution in [0.15, 0.2) is 22.7 Å². The Morgan fingerprint density at radius 3 is 2.40 bits per heavy atom. The first kappa shape index (κ1) is 16.3. The van der Waals surface area contributed by atoms with Crippen LogP contribution < -0.4 is 5.73 Å². The maximum Gasteiger partial charge on any atom is 0.0873 e. The zero-order chi connectivity index (χ0) is 14.6. The average Bonchev–Trinajstić information content (AvgIpc) is 2.41. The van der Waals surface area contributed by atoms with Crippen LogP contribution in [-0.4, -0.2) is 11.7 Å². The van der Waals surface area contributed by atoms with Crippen molar-refractivity contribution in [3.63, 3.8) is 0 Å². The molecule has 0 heterocycles. The molecule has 0 amide bonds. The summed E-state index contributed by atoms with van der Waals surface area (Å²) in [5, 5.41) is 11.6. The fourth-order valence-corrected chi connectivity index (χ4v) is 3.85. The molecule has 0 radical (unpaired) electrons. The average molecular weight is 361 g/mol. The summed E-state index contributed by atoms with van der Waals surface area (Å²) in [5.41, 5.74) is 6.64. The van der Waals surface area contributed by atoms with Gasteiger partial charge in [-0.25, -0.2) is 0 Å². The molecule has 1 saturated carbocycles. The molecule has 20 heavy (non-hydrogen) atoms. The van der Waals surface area contributed by atoms with E-state index in [1.165, 1.54) is 19.3 Å². The van der Waals surface area contributed by atoms with Crippen molar-refractivity contribution in [3.8, 4) is 0 Å². The number of aliphatic hydroxyl groups is 1. The highest BCUT2D eigenvalue weighted by molar-refractivity contribution is 9.10. The molecule has 1 fully saturated rings. The van der Waals surface area contributed by atoms with E-state index in [1.54, 1.807) is 0 Å². The van der Waals surface area contributed by atoms with Crippen LogP contribution in [0.1, 0.15) is 56.6 Å². The number of aliphatic hydroxyl groups excluding tert-OH is 1. The second-order valence-corrected chi connectivity index (χ2v) is 7.23. The number of hydrogen-bond donors (Lipinski definition) is 2. The van der Waals surface area contributed by atoms with Gasteiger partial charge in [-0.3, -0.25) is 0 Å². The van der Waals surface area contributed by atoms with E-state index in [0.29, 0.717) is 11.6 Å². The third-order valence-corrected chi connectivity index (χ3v) is 5.43. The highest BCUT2D eigenvalue weighted by Gasteiger charge is 2.38. The summed E-state index contributed by atoms with van der Waals surface area (Å²) in [7, 11) is 0. The Kier molecular flexibility index (Phi) is 5.91. The van der Waals surface area contributed by atoms with E-state index < -0.39 is 6.10 Å². The Bertz CT molecular complexity index is 444. The largest absolute Gasteiger partial charge is 0.388 e. The zero-order valence-electron chi connectivity index (χ0n) is 11.7. The maximum absolute atomic E-state index is 10.9. The summed E-state index contributed by atoms with van der Waals surface area (Å²) in [6.45, 7) is 0.511. The molecule has 0 bridgehead atoms. The SMILES string of the molecule is NCC1(C(O)c2cc(Br)ccc2Cl)CCCCCCC1. The van der Waals surface area contributed by atoms with Gasteiger partial charge in [0.2, 0.25) is 0 Å². The molecular formula is C16H23BrClNO. The predicted molar refractivity (Wildman–Crippen MR) is 87.9 cm³/mol. The fourth-order valence-electron chi connectivity index (χ4n) is 3.25. The van der Waals surface area contributed by atoms with E-state index in [4.69, 9.17) is 17.3 Å². The first-order chi connectivity index (χ1) is 9.59. The molecule has 1 atom stereocenters. The minimum absolute atomic E-state index is 0.231. The van der Waals surface area contributed by atoms with Gasteiger partial charge in [0, 0.05) is 27.0 Å². The summed E-state index contributed by atoms with van der Waals surface area (Å²) in [5.74, 6) is 0. The summed E-state index contributed by atoms with van der Waals surface area (Å²) in [4.78, 5) is 0. The van der Waals surface area contributed by atoms with Crippen LogP contribution in [-0.2, 0) is 0 Å². The molecule has 0 aliphatic heterocycles. The number of benzene rings is 1. The van der Waals surface area contributed by atoms with Gasteiger partial charge in [-0.1, -0.05) is 59.6 Å². The Hall–Kier alpha value is -0.0900. The van der Waals surface area contributed by atoms with Crippen molar-refractivity contribution in [1.82, 2.24) is 0 Å². The van der Waals surface area contributed by atoms with Gasteiger partial charge in [0.05, 0.1) is 6.10 Å². The molecule has 2 nitrogen and oxygen atoms in total. The van der Waals surface area contributed by atoms with Gasteiger partial charge >= 0.3 is 0 Å². The van der Waals surface area contributed by atoms with Crippen molar-refractivity contribution < 1.29 is 5.11 Å². The van der Waals surface area contributed by atoms with E-state index in [2.05, 4.69) is 15.9 Å². The summed E-state index contributed by atoms with van der Waals surface area (Å²) in [6, 6.07) is 5.65. The van der Waals surface area contributed by atoms with Crippen LogP contribution in [0, 0.1) is 5.41 Å². The minimum Gasteiger partial charge on any atom is -0.388 e. The highest BCUT2D eigenvalue weighted by atomic mass is 79.9. The smallest absolute Gasteiger partial charge is 0.0873 e. The highest BCUT2D eigenvalue weighted by Crippen LogP contribution is 2.45. The number of nitrogens with two attached hydrogens (primary N) is 1. The third kappa shape index (κ3) is 3.56. The molecule has 0 aromatic heterocycles. The normalized spacial score (nSPS) is 21.0. The molecule has 1 aromatic carbocycles. The molecule has 112 valence electrons. The van der Waals surface area contributed by atoms with Crippen molar-refractivity contribution in [3.05, 3.63) is 33.3 Å². The standard InChI is InChI=1S/C16H23BrClNO/c17-12-6-7-14(18)13(10-12)15(20)16(11-19)8-4-2-1-3-5-9-16/h6-7,10,15,20H,1-5,8-9,11,19H2. The molecule has 2 rings (SSSR count). The zero-order valence-corrected chi connectivity index (χ0v) is 14.1. The van der Waals surface area contributed by atoms with E-state index in [-0.39, 0.29) is 5.41 Å². The predicted octanol–water partition coefficient (Wildman–Crippen LogP) is 4.83. The van der Waals surface area contributed by atoms with Crippen LogP contribution >= 0.6 is 27.5 Å². The number of hydrogen-bond acceptors (Lipinski definition) is 2.